The van der Waals surface area contributed by atoms with Crippen LogP contribution in [-0.4, -0.2) is 9.55 Å². The average Bonchev–Trinajstić information content (AvgIpc) is 3.15. The normalized spacial score (nSPS) is 12.2. The van der Waals surface area contributed by atoms with Crippen LogP contribution < -0.4 is 0 Å². The van der Waals surface area contributed by atoms with Gasteiger partial charge in [0.25, 0.3) is 0 Å². The van der Waals surface area contributed by atoms with Crippen LogP contribution >= 0.6 is 0 Å². The van der Waals surface area contributed by atoms with Gasteiger partial charge in [0.05, 0.1) is 6.33 Å². The lowest BCUT2D eigenvalue weighted by atomic mass is 9.93. The smallest absolute Gasteiger partial charge is 0.0945 e. The summed E-state index contributed by atoms with van der Waals surface area (Å²) in [5.74, 6) is 0.694. The highest BCUT2D eigenvalue weighted by Crippen LogP contribution is 2.19. The van der Waals surface area contributed by atoms with E-state index in [1.54, 1.807) is 0 Å². The van der Waals surface area contributed by atoms with Gasteiger partial charge < -0.3 is 4.57 Å². The van der Waals surface area contributed by atoms with Gasteiger partial charge in [0.1, 0.15) is 0 Å². The predicted octanol–water partition coefficient (Wildman–Crippen LogP) is 5.46. The molecule has 0 aliphatic rings. The quantitative estimate of drug-likeness (QED) is 0.508. The van der Waals surface area contributed by atoms with Crippen LogP contribution in [0, 0.1) is 12.8 Å². The van der Waals surface area contributed by atoms with Gasteiger partial charge in [-0.2, -0.15) is 0 Å². The molecule has 0 N–H and O–H groups in total. The third-order valence-electron chi connectivity index (χ3n) is 4.91. The molecule has 2 aromatic carbocycles. The molecule has 2 heteroatoms. The number of hydrogen-bond donors (Lipinski definition) is 0. The van der Waals surface area contributed by atoms with Crippen molar-refractivity contribution in [2.45, 2.75) is 45.6 Å². The van der Waals surface area contributed by atoms with Crippen molar-refractivity contribution in [1.29, 1.82) is 0 Å². The summed E-state index contributed by atoms with van der Waals surface area (Å²) in [7, 11) is 0. The van der Waals surface area contributed by atoms with Gasteiger partial charge in [0.15, 0.2) is 0 Å². The molecule has 0 radical (unpaired) electrons. The van der Waals surface area contributed by atoms with Crippen LogP contribution in [0.1, 0.15) is 36.0 Å². The molecule has 0 saturated heterocycles. The van der Waals surface area contributed by atoms with Crippen molar-refractivity contribution in [2.24, 2.45) is 5.92 Å². The first kappa shape index (κ1) is 17.5. The maximum atomic E-state index is 4.19. The topological polar surface area (TPSA) is 17.8 Å². The van der Waals surface area contributed by atoms with Crippen LogP contribution in [0.25, 0.3) is 0 Å². The molecule has 1 heterocycles. The zero-order valence-electron chi connectivity index (χ0n) is 15.1. The van der Waals surface area contributed by atoms with Gasteiger partial charge in [-0.1, -0.05) is 60.2 Å². The number of nitrogens with zero attached hydrogens (tertiary/aromatic N) is 2. The minimum atomic E-state index is 0.694. The van der Waals surface area contributed by atoms with Crippen LogP contribution in [0.2, 0.25) is 0 Å². The van der Waals surface area contributed by atoms with Crippen molar-refractivity contribution in [3.63, 3.8) is 0 Å². The summed E-state index contributed by atoms with van der Waals surface area (Å²) in [5.41, 5.74) is 4.23. The van der Waals surface area contributed by atoms with Crippen molar-refractivity contribution in [3.8, 4) is 0 Å². The van der Waals surface area contributed by atoms with E-state index in [0.29, 0.717) is 5.92 Å². The Balaban J connectivity index is 1.53. The molecule has 0 saturated carbocycles. The molecule has 130 valence electrons. The Bertz CT molecular complexity index is 715. The summed E-state index contributed by atoms with van der Waals surface area (Å²) < 4.78 is 2.22. The van der Waals surface area contributed by atoms with Crippen molar-refractivity contribution in [3.05, 3.63) is 90.0 Å². The number of imidazole rings is 1. The SMILES string of the molecule is Cc1ccc(CCCC(CCc2ccccc2)Cn2ccnc2)cc1. The van der Waals surface area contributed by atoms with E-state index in [2.05, 4.69) is 77.3 Å². The van der Waals surface area contributed by atoms with Gasteiger partial charge in [-0.15, -0.1) is 0 Å². The molecular formula is C23H28N2. The van der Waals surface area contributed by atoms with E-state index in [9.17, 15) is 0 Å². The van der Waals surface area contributed by atoms with Crippen molar-refractivity contribution in [1.82, 2.24) is 9.55 Å². The van der Waals surface area contributed by atoms with Crippen LogP contribution in [0.3, 0.4) is 0 Å². The number of rotatable bonds is 9. The molecule has 0 aliphatic carbocycles. The van der Waals surface area contributed by atoms with Gasteiger partial charge in [0.2, 0.25) is 0 Å². The molecule has 25 heavy (non-hydrogen) atoms. The number of hydrogen-bond acceptors (Lipinski definition) is 1. The summed E-state index contributed by atoms with van der Waals surface area (Å²) in [6.07, 6.45) is 12.0. The average molecular weight is 332 g/mol. The molecule has 1 aromatic heterocycles. The Morgan fingerprint density at radius 2 is 1.64 bits per heavy atom. The van der Waals surface area contributed by atoms with Crippen LogP contribution in [0.5, 0.6) is 0 Å². The fourth-order valence-corrected chi connectivity index (χ4v) is 3.38. The fraction of sp³-hybridized carbons (Fsp3) is 0.348. The lowest BCUT2D eigenvalue weighted by Gasteiger charge is -2.18. The van der Waals surface area contributed by atoms with Crippen molar-refractivity contribution >= 4 is 0 Å². The third kappa shape index (κ3) is 5.90. The van der Waals surface area contributed by atoms with E-state index < -0.39 is 0 Å². The zero-order chi connectivity index (χ0) is 17.3. The molecular weight excluding hydrogens is 304 g/mol. The van der Waals surface area contributed by atoms with E-state index >= 15 is 0 Å². The summed E-state index contributed by atoms with van der Waals surface area (Å²) in [4.78, 5) is 4.19. The highest BCUT2D eigenvalue weighted by atomic mass is 15.0. The first-order chi connectivity index (χ1) is 12.3. The Morgan fingerprint density at radius 1 is 0.880 bits per heavy atom. The van der Waals surface area contributed by atoms with Gasteiger partial charge >= 0.3 is 0 Å². The number of aromatic nitrogens is 2. The van der Waals surface area contributed by atoms with E-state index in [0.717, 1.165) is 13.0 Å². The molecule has 0 fully saturated rings. The largest absolute Gasteiger partial charge is 0.337 e. The highest BCUT2D eigenvalue weighted by molar-refractivity contribution is 5.21. The first-order valence-electron chi connectivity index (χ1n) is 9.35. The predicted molar refractivity (Wildman–Crippen MR) is 105 cm³/mol. The second-order valence-electron chi connectivity index (χ2n) is 7.03. The van der Waals surface area contributed by atoms with E-state index in [1.165, 1.54) is 42.4 Å². The summed E-state index contributed by atoms with van der Waals surface area (Å²) in [6.45, 7) is 3.22. The van der Waals surface area contributed by atoms with E-state index in [1.807, 2.05) is 12.5 Å². The van der Waals surface area contributed by atoms with Crippen molar-refractivity contribution < 1.29 is 0 Å². The monoisotopic (exact) mass is 332 g/mol. The maximum Gasteiger partial charge on any atom is 0.0945 e. The minimum absolute atomic E-state index is 0.694. The molecule has 3 aromatic rings. The highest BCUT2D eigenvalue weighted by Gasteiger charge is 2.10. The summed E-state index contributed by atoms with van der Waals surface area (Å²) in [6, 6.07) is 19.8. The zero-order valence-corrected chi connectivity index (χ0v) is 15.1. The molecule has 0 amide bonds. The Hall–Kier alpha value is -2.35. The first-order valence-corrected chi connectivity index (χ1v) is 9.35. The molecule has 3 rings (SSSR count). The molecule has 0 spiro atoms. The summed E-state index contributed by atoms with van der Waals surface area (Å²) >= 11 is 0. The Kier molecular flexibility index (Phi) is 6.44. The van der Waals surface area contributed by atoms with E-state index in [-0.39, 0.29) is 0 Å². The fourth-order valence-electron chi connectivity index (χ4n) is 3.38. The maximum absolute atomic E-state index is 4.19. The second kappa shape index (κ2) is 9.22. The van der Waals surface area contributed by atoms with Crippen LogP contribution in [0.4, 0.5) is 0 Å². The van der Waals surface area contributed by atoms with Gasteiger partial charge in [-0.3, -0.25) is 0 Å². The minimum Gasteiger partial charge on any atom is -0.337 e. The van der Waals surface area contributed by atoms with E-state index in [4.69, 9.17) is 0 Å². The Labute approximate surface area is 151 Å². The van der Waals surface area contributed by atoms with Gasteiger partial charge in [-0.25, -0.2) is 4.98 Å². The molecule has 0 bridgehead atoms. The summed E-state index contributed by atoms with van der Waals surface area (Å²) in [5, 5.41) is 0. The second-order valence-corrected chi connectivity index (χ2v) is 7.03. The van der Waals surface area contributed by atoms with Crippen molar-refractivity contribution in [2.75, 3.05) is 0 Å². The molecule has 1 atom stereocenters. The molecule has 2 nitrogen and oxygen atoms in total. The number of aryl methyl sites for hydroxylation is 3. The lowest BCUT2D eigenvalue weighted by molar-refractivity contribution is 0.379. The Morgan fingerprint density at radius 3 is 2.36 bits per heavy atom. The van der Waals surface area contributed by atoms with Crippen LogP contribution in [-0.2, 0) is 19.4 Å². The molecule has 0 aliphatic heterocycles. The number of benzene rings is 2. The molecule has 1 unspecified atom stereocenters. The van der Waals surface area contributed by atoms with Gasteiger partial charge in [0, 0.05) is 18.9 Å². The van der Waals surface area contributed by atoms with Gasteiger partial charge in [-0.05, 0) is 56.1 Å². The van der Waals surface area contributed by atoms with Crippen LogP contribution in [0.15, 0.2) is 73.3 Å². The lowest BCUT2D eigenvalue weighted by Crippen LogP contribution is -2.11. The third-order valence-corrected chi connectivity index (χ3v) is 4.91. The standard InChI is InChI=1S/C23H28N2/c1-20-10-12-22(13-11-20)8-5-9-23(18-25-17-16-24-19-25)15-14-21-6-3-2-4-7-21/h2-4,6-7,10-13,16-17,19,23H,5,8-9,14-15,18H2,1H3.